The summed E-state index contributed by atoms with van der Waals surface area (Å²) < 4.78 is 5.35. The number of aliphatic imine (C=N–C) groups is 1. The summed E-state index contributed by atoms with van der Waals surface area (Å²) in [4.78, 5) is 8.68. The third kappa shape index (κ3) is 6.44. The van der Waals surface area contributed by atoms with E-state index in [1.807, 2.05) is 25.1 Å². The zero-order chi connectivity index (χ0) is 18.1. The number of guanidine groups is 1. The molecule has 5 nitrogen and oxygen atoms in total. The highest BCUT2D eigenvalue weighted by Crippen LogP contribution is 2.23. The van der Waals surface area contributed by atoms with E-state index in [1.54, 1.807) is 25.4 Å². The average Bonchev–Trinajstić information content (AvgIpc) is 2.62. The van der Waals surface area contributed by atoms with Crippen LogP contribution in [0.25, 0.3) is 0 Å². The standard InChI is InChI=1S/C18H22Cl2N4O/c1-3-21-18(22-9-8-13-4-7-17(20)23-11-13)24-12-14-5-6-15(19)10-16(14)25-2/h4-7,10-11H,3,8-9,12H2,1-2H3,(H2,21,22,24). The molecule has 0 unspecified atom stereocenters. The molecule has 0 atom stereocenters. The lowest BCUT2D eigenvalue weighted by molar-refractivity contribution is 0.410. The van der Waals surface area contributed by atoms with Crippen LogP contribution in [-0.4, -0.2) is 31.1 Å². The van der Waals surface area contributed by atoms with Gasteiger partial charge in [-0.25, -0.2) is 9.98 Å². The SMILES string of the molecule is CCNC(=NCc1ccc(Cl)cc1OC)NCCc1ccc(Cl)nc1. The lowest BCUT2D eigenvalue weighted by Gasteiger charge is -2.12. The minimum atomic E-state index is 0.498. The fraction of sp³-hybridized carbons (Fsp3) is 0.333. The van der Waals surface area contributed by atoms with E-state index in [0.29, 0.717) is 16.7 Å². The van der Waals surface area contributed by atoms with Gasteiger partial charge in [0.25, 0.3) is 0 Å². The zero-order valence-electron chi connectivity index (χ0n) is 14.4. The van der Waals surface area contributed by atoms with Crippen LogP contribution in [0.4, 0.5) is 0 Å². The maximum atomic E-state index is 5.99. The van der Waals surface area contributed by atoms with Crippen LogP contribution < -0.4 is 15.4 Å². The number of nitrogens with zero attached hydrogens (tertiary/aromatic N) is 2. The third-order valence-corrected chi connectivity index (χ3v) is 3.95. The highest BCUT2D eigenvalue weighted by molar-refractivity contribution is 6.30. The van der Waals surface area contributed by atoms with Crippen LogP contribution in [0, 0.1) is 0 Å². The van der Waals surface area contributed by atoms with Crippen LogP contribution in [0.1, 0.15) is 18.1 Å². The molecule has 2 aromatic rings. The van der Waals surface area contributed by atoms with Gasteiger partial charge in [-0.1, -0.05) is 35.3 Å². The highest BCUT2D eigenvalue weighted by atomic mass is 35.5. The van der Waals surface area contributed by atoms with Gasteiger partial charge in [-0.3, -0.25) is 0 Å². The lowest BCUT2D eigenvalue weighted by Crippen LogP contribution is -2.38. The van der Waals surface area contributed by atoms with Crippen LogP contribution in [0.5, 0.6) is 5.75 Å². The van der Waals surface area contributed by atoms with E-state index in [4.69, 9.17) is 27.9 Å². The number of rotatable bonds is 7. The van der Waals surface area contributed by atoms with Crippen molar-refractivity contribution in [1.29, 1.82) is 0 Å². The molecule has 2 N–H and O–H groups in total. The molecule has 0 aliphatic carbocycles. The smallest absolute Gasteiger partial charge is 0.191 e. The molecule has 0 aliphatic rings. The van der Waals surface area contributed by atoms with Crippen molar-refractivity contribution in [2.75, 3.05) is 20.2 Å². The van der Waals surface area contributed by atoms with Crippen LogP contribution >= 0.6 is 23.2 Å². The summed E-state index contributed by atoms with van der Waals surface area (Å²) in [6, 6.07) is 9.32. The molecule has 1 aromatic carbocycles. The number of aromatic nitrogens is 1. The van der Waals surface area contributed by atoms with Gasteiger partial charge >= 0.3 is 0 Å². The Balaban J connectivity index is 1.94. The molecule has 7 heteroatoms. The van der Waals surface area contributed by atoms with Crippen molar-refractivity contribution in [1.82, 2.24) is 15.6 Å². The summed E-state index contributed by atoms with van der Waals surface area (Å²) in [5.41, 5.74) is 2.10. The molecule has 25 heavy (non-hydrogen) atoms. The third-order valence-electron chi connectivity index (χ3n) is 3.50. The van der Waals surface area contributed by atoms with Gasteiger partial charge in [0.05, 0.1) is 13.7 Å². The minimum absolute atomic E-state index is 0.498. The Morgan fingerprint density at radius 2 is 2.04 bits per heavy atom. The first-order valence-corrected chi connectivity index (χ1v) is 8.83. The number of benzene rings is 1. The zero-order valence-corrected chi connectivity index (χ0v) is 15.9. The van der Waals surface area contributed by atoms with Gasteiger partial charge < -0.3 is 15.4 Å². The Hall–Kier alpha value is -1.98. The van der Waals surface area contributed by atoms with E-state index in [-0.39, 0.29) is 0 Å². The summed E-state index contributed by atoms with van der Waals surface area (Å²) >= 11 is 11.8. The van der Waals surface area contributed by atoms with E-state index < -0.39 is 0 Å². The van der Waals surface area contributed by atoms with E-state index in [0.717, 1.165) is 42.3 Å². The van der Waals surface area contributed by atoms with E-state index in [9.17, 15) is 0 Å². The summed E-state index contributed by atoms with van der Waals surface area (Å²) in [5.74, 6) is 1.49. The van der Waals surface area contributed by atoms with Crippen LogP contribution in [0.15, 0.2) is 41.5 Å². The number of pyridine rings is 1. The Labute approximate surface area is 158 Å². The van der Waals surface area contributed by atoms with Gasteiger partial charge in [-0.05, 0) is 37.1 Å². The summed E-state index contributed by atoms with van der Waals surface area (Å²) in [7, 11) is 1.63. The van der Waals surface area contributed by atoms with Gasteiger partial charge in [0, 0.05) is 29.9 Å². The first kappa shape index (κ1) is 19.3. The Kier molecular flexibility index (Phi) is 7.82. The van der Waals surface area contributed by atoms with E-state index >= 15 is 0 Å². The summed E-state index contributed by atoms with van der Waals surface area (Å²) in [5, 5.41) is 7.69. The van der Waals surface area contributed by atoms with Crippen molar-refractivity contribution in [2.24, 2.45) is 4.99 Å². The van der Waals surface area contributed by atoms with Crippen molar-refractivity contribution in [3.8, 4) is 5.75 Å². The van der Waals surface area contributed by atoms with Crippen LogP contribution in [0.3, 0.4) is 0 Å². The van der Waals surface area contributed by atoms with Crippen molar-refractivity contribution < 1.29 is 4.74 Å². The molecule has 0 spiro atoms. The van der Waals surface area contributed by atoms with E-state index in [2.05, 4.69) is 20.6 Å². The maximum absolute atomic E-state index is 5.99. The topological polar surface area (TPSA) is 58.5 Å². The summed E-state index contributed by atoms with van der Waals surface area (Å²) in [6.45, 7) is 4.06. The van der Waals surface area contributed by atoms with Gasteiger partial charge in [-0.2, -0.15) is 0 Å². The number of ether oxygens (including phenoxy) is 1. The molecule has 0 amide bonds. The number of halogens is 2. The van der Waals surface area contributed by atoms with Crippen molar-refractivity contribution in [3.05, 3.63) is 57.8 Å². The fourth-order valence-electron chi connectivity index (χ4n) is 2.23. The second-order valence-electron chi connectivity index (χ2n) is 5.32. The van der Waals surface area contributed by atoms with Gasteiger partial charge in [0.15, 0.2) is 5.96 Å². The van der Waals surface area contributed by atoms with Crippen LogP contribution in [0.2, 0.25) is 10.2 Å². The molecule has 0 radical (unpaired) electrons. The first-order valence-electron chi connectivity index (χ1n) is 8.07. The Bertz CT molecular complexity index is 705. The molecule has 0 saturated heterocycles. The number of hydrogen-bond donors (Lipinski definition) is 2. The fourth-order valence-corrected chi connectivity index (χ4v) is 2.51. The molecular formula is C18H22Cl2N4O. The van der Waals surface area contributed by atoms with Gasteiger partial charge in [-0.15, -0.1) is 0 Å². The normalized spacial score (nSPS) is 11.3. The molecule has 1 aromatic heterocycles. The molecular weight excluding hydrogens is 359 g/mol. The highest BCUT2D eigenvalue weighted by Gasteiger charge is 2.04. The number of methoxy groups -OCH3 is 1. The average molecular weight is 381 g/mol. The second-order valence-corrected chi connectivity index (χ2v) is 6.14. The minimum Gasteiger partial charge on any atom is -0.496 e. The monoisotopic (exact) mass is 380 g/mol. The summed E-state index contributed by atoms with van der Waals surface area (Å²) in [6.07, 6.45) is 2.62. The Morgan fingerprint density at radius 3 is 2.72 bits per heavy atom. The van der Waals surface area contributed by atoms with E-state index in [1.165, 1.54) is 0 Å². The quantitative estimate of drug-likeness (QED) is 0.436. The Morgan fingerprint density at radius 1 is 1.20 bits per heavy atom. The van der Waals surface area contributed by atoms with Crippen LogP contribution in [-0.2, 0) is 13.0 Å². The van der Waals surface area contributed by atoms with Crippen molar-refractivity contribution in [3.63, 3.8) is 0 Å². The molecule has 0 fully saturated rings. The molecule has 1 heterocycles. The van der Waals surface area contributed by atoms with Crippen molar-refractivity contribution >= 4 is 29.2 Å². The van der Waals surface area contributed by atoms with Crippen molar-refractivity contribution in [2.45, 2.75) is 19.9 Å². The van der Waals surface area contributed by atoms with Gasteiger partial charge in [0.2, 0.25) is 0 Å². The predicted molar refractivity (Wildman–Crippen MR) is 104 cm³/mol. The number of nitrogens with one attached hydrogen (secondary N) is 2. The maximum Gasteiger partial charge on any atom is 0.191 e. The molecule has 0 bridgehead atoms. The molecule has 0 aliphatic heterocycles. The molecule has 134 valence electrons. The first-order chi connectivity index (χ1) is 12.1. The lowest BCUT2D eigenvalue weighted by atomic mass is 10.2. The largest absolute Gasteiger partial charge is 0.496 e. The molecule has 0 saturated carbocycles. The molecule has 2 rings (SSSR count). The van der Waals surface area contributed by atoms with Gasteiger partial charge in [0.1, 0.15) is 10.9 Å². The predicted octanol–water partition coefficient (Wildman–Crippen LogP) is 3.69. The second kappa shape index (κ2) is 10.1. The number of hydrogen-bond acceptors (Lipinski definition) is 3.